The van der Waals surface area contributed by atoms with Crippen LogP contribution in [0.1, 0.15) is 73.4 Å². The first kappa shape index (κ1) is 43.9. The van der Waals surface area contributed by atoms with Gasteiger partial charge >= 0.3 is 0 Å². The highest BCUT2D eigenvalue weighted by Crippen LogP contribution is 2.12. The molecule has 0 saturated carbocycles. The quantitative estimate of drug-likeness (QED) is 0.168. The Morgan fingerprint density at radius 3 is 1.49 bits per heavy atom. The van der Waals surface area contributed by atoms with Crippen molar-refractivity contribution < 1.29 is 0 Å². The summed E-state index contributed by atoms with van der Waals surface area (Å²) in [6.45, 7) is 29.9. The molecule has 0 N–H and O–H groups in total. The average molecular weight is 507 g/mol. The van der Waals surface area contributed by atoms with Crippen molar-refractivity contribution in [2.24, 2.45) is 4.99 Å². The molecule has 0 spiro atoms. The summed E-state index contributed by atoms with van der Waals surface area (Å²) in [4.78, 5) is 6.38. The molecule has 2 heteroatoms. The van der Waals surface area contributed by atoms with Crippen molar-refractivity contribution in [2.75, 3.05) is 21.1 Å². The van der Waals surface area contributed by atoms with Crippen molar-refractivity contribution in [3.63, 3.8) is 0 Å². The summed E-state index contributed by atoms with van der Waals surface area (Å²) in [5.74, 6) is 0. The van der Waals surface area contributed by atoms with Gasteiger partial charge in [0, 0.05) is 11.9 Å². The van der Waals surface area contributed by atoms with E-state index in [1.54, 1.807) is 0 Å². The molecular weight excluding hydrogens is 448 g/mol. The lowest BCUT2D eigenvalue weighted by atomic mass is 10.1. The van der Waals surface area contributed by atoms with Gasteiger partial charge < -0.3 is 4.90 Å². The fraction of sp³-hybridized carbons (Fsp3) is 0.400. The molecule has 1 rings (SSSR count). The number of nitrogens with zero attached hydrogens (tertiary/aromatic N) is 2. The zero-order valence-corrected chi connectivity index (χ0v) is 26.7. The highest BCUT2D eigenvalue weighted by Gasteiger charge is 1.94. The Bertz CT molecular complexity index is 846. The Balaban J connectivity index is -0.000000140. The van der Waals surface area contributed by atoms with Crippen LogP contribution in [-0.2, 0) is 0 Å². The molecule has 37 heavy (non-hydrogen) atoms. The van der Waals surface area contributed by atoms with Gasteiger partial charge in [-0.15, -0.1) is 12.8 Å². The summed E-state index contributed by atoms with van der Waals surface area (Å²) in [5.41, 5.74) is 7.96. The lowest BCUT2D eigenvalue weighted by molar-refractivity contribution is 0.505. The average Bonchev–Trinajstić information content (AvgIpc) is 2.85. The Labute approximate surface area is 233 Å². The van der Waals surface area contributed by atoms with Gasteiger partial charge in [0.25, 0.3) is 0 Å². The third-order valence-electron chi connectivity index (χ3n) is 3.89. The summed E-state index contributed by atoms with van der Waals surface area (Å²) >= 11 is 0. The van der Waals surface area contributed by atoms with Crippen LogP contribution in [0.5, 0.6) is 0 Å². The molecule has 0 unspecified atom stereocenters. The molecule has 0 atom stereocenters. The Hall–Kier alpha value is -3.15. The lowest BCUT2D eigenvalue weighted by Gasteiger charge is -2.01. The van der Waals surface area contributed by atoms with Crippen molar-refractivity contribution in [3.05, 3.63) is 107 Å². The van der Waals surface area contributed by atoms with Crippen molar-refractivity contribution in [1.29, 1.82) is 0 Å². The predicted molar refractivity (Wildman–Crippen MR) is 177 cm³/mol. The normalized spacial score (nSPS) is 10.8. The van der Waals surface area contributed by atoms with E-state index in [-0.39, 0.29) is 0 Å². The van der Waals surface area contributed by atoms with Gasteiger partial charge in [-0.1, -0.05) is 98.4 Å². The molecule has 0 aliphatic carbocycles. The standard InChI is InChI=1S/C16H23N.C8H10.C4H8.C3H9N.C2H6.C2H2/c1-8-16(10-9-12(2)3)14(6)11-17-15(7)13(4)5;1-7-4-3-5-8(2)6-7;1-3-4-2;1-4(2)3;2*1-2/h8-11H,2,4H2,1,3,5-7H3;3-6H,1-2H3;3-4H,1-2H3;1-3H3;1-2H3;1-2H/b10-9-,14-11+,16-8+,17-15?;;4-3-;;;. The number of rotatable bonds is 5. The van der Waals surface area contributed by atoms with E-state index >= 15 is 0 Å². The molecule has 0 fully saturated rings. The topological polar surface area (TPSA) is 15.6 Å². The van der Waals surface area contributed by atoms with E-state index < -0.39 is 0 Å². The molecule has 2 nitrogen and oxygen atoms in total. The van der Waals surface area contributed by atoms with Crippen LogP contribution in [0.15, 0.2) is 101 Å². The van der Waals surface area contributed by atoms with E-state index in [9.17, 15) is 0 Å². The summed E-state index contributed by atoms with van der Waals surface area (Å²) in [7, 11) is 6.00. The number of hydrogen-bond donors (Lipinski definition) is 0. The van der Waals surface area contributed by atoms with Crippen LogP contribution in [0.3, 0.4) is 0 Å². The molecular formula is C35H58N2. The number of allylic oxidation sites excluding steroid dienone is 9. The van der Waals surface area contributed by atoms with E-state index in [1.807, 2.05) is 113 Å². The third kappa shape index (κ3) is 40.3. The predicted octanol–water partition coefficient (Wildman–Crippen LogP) is 10.3. The summed E-state index contributed by atoms with van der Waals surface area (Å²) < 4.78 is 0. The van der Waals surface area contributed by atoms with Crippen LogP contribution in [0, 0.1) is 26.7 Å². The maximum atomic E-state index is 4.38. The van der Waals surface area contributed by atoms with E-state index in [0.717, 1.165) is 28.0 Å². The van der Waals surface area contributed by atoms with E-state index in [2.05, 4.69) is 81.3 Å². The molecule has 0 heterocycles. The molecule has 208 valence electrons. The Morgan fingerprint density at radius 2 is 1.24 bits per heavy atom. The Morgan fingerprint density at radius 1 is 0.838 bits per heavy atom. The molecule has 0 radical (unpaired) electrons. The van der Waals surface area contributed by atoms with Crippen molar-refractivity contribution >= 4 is 5.71 Å². The first-order valence-corrected chi connectivity index (χ1v) is 12.7. The van der Waals surface area contributed by atoms with Gasteiger partial charge in [-0.25, -0.2) is 0 Å². The fourth-order valence-corrected chi connectivity index (χ4v) is 1.87. The van der Waals surface area contributed by atoms with Gasteiger partial charge in [0.15, 0.2) is 0 Å². The number of hydrogen-bond acceptors (Lipinski definition) is 2. The zero-order chi connectivity index (χ0) is 30.4. The summed E-state index contributed by atoms with van der Waals surface area (Å²) in [5, 5.41) is 0. The van der Waals surface area contributed by atoms with Crippen LogP contribution in [0.2, 0.25) is 0 Å². The fourth-order valence-electron chi connectivity index (χ4n) is 1.87. The second-order valence-corrected chi connectivity index (χ2v) is 8.40. The van der Waals surface area contributed by atoms with Crippen molar-refractivity contribution in [3.8, 4) is 12.8 Å². The molecule has 0 saturated heterocycles. The highest BCUT2D eigenvalue weighted by molar-refractivity contribution is 5.97. The van der Waals surface area contributed by atoms with Crippen LogP contribution < -0.4 is 0 Å². The molecule has 0 aromatic heterocycles. The van der Waals surface area contributed by atoms with Crippen LogP contribution >= 0.6 is 0 Å². The van der Waals surface area contributed by atoms with Gasteiger partial charge in [0.05, 0.1) is 0 Å². The minimum absolute atomic E-state index is 0.962. The van der Waals surface area contributed by atoms with E-state index in [0.29, 0.717) is 0 Å². The molecule has 0 aliphatic heterocycles. The van der Waals surface area contributed by atoms with Crippen LogP contribution in [0.4, 0.5) is 0 Å². The van der Waals surface area contributed by atoms with Crippen LogP contribution in [0.25, 0.3) is 0 Å². The molecule has 0 amide bonds. The second-order valence-electron chi connectivity index (χ2n) is 8.40. The highest BCUT2D eigenvalue weighted by atomic mass is 15.0. The SMILES string of the molecule is C#C.C/C=C\C.C=C(C)\C=C/C(=C\C)C(/C)=C/N=C(C)C(=C)C.CC.CN(C)C.Cc1cccc(C)c1. The van der Waals surface area contributed by atoms with Gasteiger partial charge in [-0.05, 0) is 100 Å². The maximum Gasteiger partial charge on any atom is 0.0395 e. The summed E-state index contributed by atoms with van der Waals surface area (Å²) in [6, 6.07) is 8.45. The largest absolute Gasteiger partial charge is 0.312 e. The lowest BCUT2D eigenvalue weighted by Crippen LogP contribution is -1.99. The zero-order valence-electron chi connectivity index (χ0n) is 26.7. The third-order valence-corrected chi connectivity index (χ3v) is 3.89. The minimum atomic E-state index is 0.962. The van der Waals surface area contributed by atoms with Crippen molar-refractivity contribution in [2.45, 2.75) is 76.2 Å². The molecule has 1 aromatic carbocycles. The number of aryl methyl sites for hydroxylation is 2. The van der Waals surface area contributed by atoms with Crippen LogP contribution in [-0.4, -0.2) is 31.8 Å². The molecule has 1 aromatic rings. The number of benzene rings is 1. The number of aliphatic imine (C=N–C) groups is 1. The number of terminal acetylenes is 1. The van der Waals surface area contributed by atoms with Crippen molar-refractivity contribution in [1.82, 2.24) is 4.90 Å². The monoisotopic (exact) mass is 506 g/mol. The van der Waals surface area contributed by atoms with E-state index in [4.69, 9.17) is 0 Å². The smallest absolute Gasteiger partial charge is 0.0395 e. The first-order valence-electron chi connectivity index (χ1n) is 12.7. The maximum absolute atomic E-state index is 4.38. The van der Waals surface area contributed by atoms with Gasteiger partial charge in [0.1, 0.15) is 0 Å². The van der Waals surface area contributed by atoms with E-state index in [1.165, 1.54) is 11.1 Å². The molecule has 0 aliphatic rings. The molecule has 0 bridgehead atoms. The summed E-state index contributed by atoms with van der Waals surface area (Å²) in [6.07, 6.45) is 20.0. The first-order chi connectivity index (χ1) is 17.3. The van der Waals surface area contributed by atoms with Gasteiger partial charge in [-0.2, -0.15) is 0 Å². The van der Waals surface area contributed by atoms with Gasteiger partial charge in [-0.3, -0.25) is 4.99 Å². The Kier molecular flexibility index (Phi) is 39.0. The minimum Gasteiger partial charge on any atom is -0.312 e. The second kappa shape index (κ2) is 32.8. The van der Waals surface area contributed by atoms with Gasteiger partial charge in [0.2, 0.25) is 0 Å².